The number of nitrogen functional groups attached to an aromatic ring is 2. The molecule has 1 rings (SSSR count). The van der Waals surface area contributed by atoms with Crippen LogP contribution >= 0.6 is 12.4 Å². The summed E-state index contributed by atoms with van der Waals surface area (Å²) >= 11 is 0. The van der Waals surface area contributed by atoms with Crippen molar-refractivity contribution < 1.29 is 0 Å². The van der Waals surface area contributed by atoms with Crippen molar-refractivity contribution in [3.63, 3.8) is 0 Å². The minimum Gasteiger partial charge on any atom is -0.399 e. The Morgan fingerprint density at radius 3 is 1.55 bits per heavy atom. The Hall–Kier alpha value is -1.47. The van der Waals surface area contributed by atoms with E-state index in [0.29, 0.717) is 11.4 Å². The van der Waals surface area contributed by atoms with Gasteiger partial charge in [0.25, 0.3) is 0 Å². The first-order valence-corrected chi connectivity index (χ1v) is 2.60. The van der Waals surface area contributed by atoms with Crippen molar-refractivity contribution in [1.29, 1.82) is 10.8 Å². The number of anilines is 2. The molecule has 60 valence electrons. The fourth-order valence-corrected chi connectivity index (χ4v) is 0.559. The number of nitrogens with zero attached hydrogens (tertiary/aromatic N) is 2. The number of benzene rings is 1. The third-order valence-electron chi connectivity index (χ3n) is 0.911. The van der Waals surface area contributed by atoms with Crippen LogP contribution in [-0.2, 0) is 0 Å². The van der Waals surface area contributed by atoms with Crippen molar-refractivity contribution in [2.24, 2.45) is 0 Å². The van der Waals surface area contributed by atoms with Crippen LogP contribution in [0, 0.1) is 10.8 Å². The Morgan fingerprint density at radius 2 is 1.36 bits per heavy atom. The van der Waals surface area contributed by atoms with Crippen LogP contribution in [0.15, 0.2) is 24.3 Å². The maximum atomic E-state index is 6.00. The molecule has 0 aliphatic rings. The lowest BCUT2D eigenvalue weighted by Crippen LogP contribution is -1.87. The van der Waals surface area contributed by atoms with Crippen LogP contribution in [0.4, 0.5) is 11.4 Å². The van der Waals surface area contributed by atoms with Gasteiger partial charge in [0.2, 0.25) is 0 Å². The summed E-state index contributed by atoms with van der Waals surface area (Å²) in [6, 6.07) is 7.15. The Balaban J connectivity index is 0. The molecule has 5 heteroatoms. The molecule has 0 spiro atoms. The maximum absolute atomic E-state index is 6.00. The Labute approximate surface area is 71.0 Å². The zero-order valence-corrected chi connectivity index (χ0v) is 6.58. The molecule has 0 bridgehead atoms. The van der Waals surface area contributed by atoms with Crippen molar-refractivity contribution in [2.75, 3.05) is 11.5 Å². The molecule has 4 nitrogen and oxygen atoms in total. The molecule has 0 saturated carbocycles. The molecule has 0 amide bonds. The lowest BCUT2D eigenvalue weighted by molar-refractivity contribution is 1.15. The average Bonchev–Trinajstić information content (AvgIpc) is 1.91. The fourth-order valence-electron chi connectivity index (χ4n) is 0.559. The highest BCUT2D eigenvalue weighted by Crippen LogP contribution is 2.06. The molecule has 0 atom stereocenters. The van der Waals surface area contributed by atoms with E-state index in [0.717, 1.165) is 0 Å². The molecule has 0 heterocycles. The number of halogens is 1. The van der Waals surface area contributed by atoms with E-state index >= 15 is 0 Å². The molecule has 1 aromatic rings. The monoisotopic (exact) mass is 172 g/mol. The first kappa shape index (κ1) is 12.2. The molecular formula is C6H9ClN4. The van der Waals surface area contributed by atoms with Crippen LogP contribution in [0.3, 0.4) is 0 Å². The molecule has 0 aliphatic heterocycles. The smallest absolute Gasteiger partial charge is 0.0334 e. The lowest BCUT2D eigenvalue weighted by Gasteiger charge is -1.91. The Bertz CT molecular complexity index is 206. The van der Waals surface area contributed by atoms with E-state index in [2.05, 4.69) is 0 Å². The predicted octanol–water partition coefficient (Wildman–Crippen LogP) is 1.30. The molecule has 0 fully saturated rings. The van der Waals surface area contributed by atoms with Gasteiger partial charge in [-0.1, -0.05) is 6.07 Å². The second kappa shape index (κ2) is 6.65. The number of nitrogens with two attached hydrogens (primary N) is 2. The van der Waals surface area contributed by atoms with Crippen molar-refractivity contribution >= 4 is 23.8 Å². The second-order valence-electron chi connectivity index (χ2n) is 1.67. The van der Waals surface area contributed by atoms with Gasteiger partial charge in [-0.05, 0) is 18.2 Å². The summed E-state index contributed by atoms with van der Waals surface area (Å²) in [6.07, 6.45) is 0. The molecule has 0 aliphatic carbocycles. The maximum Gasteiger partial charge on any atom is 0.0334 e. The average molecular weight is 173 g/mol. The third-order valence-corrected chi connectivity index (χ3v) is 0.911. The quantitative estimate of drug-likeness (QED) is 0.455. The van der Waals surface area contributed by atoms with Crippen LogP contribution in [0.5, 0.6) is 0 Å². The minimum absolute atomic E-state index is 0. The van der Waals surface area contributed by atoms with Gasteiger partial charge < -0.3 is 11.5 Å². The van der Waals surface area contributed by atoms with E-state index in [9.17, 15) is 0 Å². The van der Waals surface area contributed by atoms with Gasteiger partial charge in [-0.3, -0.25) is 0 Å². The molecule has 11 heavy (non-hydrogen) atoms. The summed E-state index contributed by atoms with van der Waals surface area (Å²) in [5.41, 5.74) is 12.2. The summed E-state index contributed by atoms with van der Waals surface area (Å²) in [5.74, 6) is 0. The number of rotatable bonds is 0. The van der Waals surface area contributed by atoms with Crippen molar-refractivity contribution in [2.45, 2.75) is 0 Å². The predicted molar refractivity (Wildman–Crippen MR) is 46.0 cm³/mol. The topological polar surface area (TPSA) is 99.6 Å². The number of hydrogen-bond donors (Lipinski definition) is 2. The van der Waals surface area contributed by atoms with Gasteiger partial charge in [0.05, 0.1) is 0 Å². The fraction of sp³-hybridized carbons (Fsp3) is 0. The summed E-state index contributed by atoms with van der Waals surface area (Å²) in [7, 11) is 0. The highest BCUT2D eigenvalue weighted by Gasteiger charge is 1.81. The van der Waals surface area contributed by atoms with E-state index in [1.54, 1.807) is 18.2 Å². The van der Waals surface area contributed by atoms with Crippen molar-refractivity contribution in [3.8, 4) is 0 Å². The van der Waals surface area contributed by atoms with Crippen molar-refractivity contribution in [3.05, 3.63) is 24.3 Å². The minimum atomic E-state index is 0. The second-order valence-corrected chi connectivity index (χ2v) is 1.67. The van der Waals surface area contributed by atoms with Crippen molar-refractivity contribution in [1.82, 2.24) is 0 Å². The van der Waals surface area contributed by atoms with Gasteiger partial charge in [-0.2, -0.15) is 0 Å². The van der Waals surface area contributed by atoms with Gasteiger partial charge >= 0.3 is 0 Å². The summed E-state index contributed by atoms with van der Waals surface area (Å²) in [5, 5.41) is 12.0. The van der Waals surface area contributed by atoms with Gasteiger partial charge in [-0.25, -0.2) is 0 Å². The number of hydrogen-bond acceptors (Lipinski definition) is 4. The highest BCUT2D eigenvalue weighted by atomic mass is 35.5. The summed E-state index contributed by atoms with van der Waals surface area (Å²) in [6.45, 7) is 0. The largest absolute Gasteiger partial charge is 0.399 e. The van der Waals surface area contributed by atoms with Crippen LogP contribution in [0.2, 0.25) is 0 Å². The first-order chi connectivity index (χ1) is 4.79. The van der Waals surface area contributed by atoms with E-state index < -0.39 is 0 Å². The van der Waals surface area contributed by atoms with E-state index in [1.165, 1.54) is 0 Å². The Kier molecular flexibility index (Phi) is 7.39. The molecule has 1 aromatic carbocycles. The van der Waals surface area contributed by atoms with E-state index in [4.69, 9.17) is 22.3 Å². The summed E-state index contributed by atoms with van der Waals surface area (Å²) in [4.78, 5) is 0. The van der Waals surface area contributed by atoms with E-state index in [1.807, 2.05) is 6.07 Å². The van der Waals surface area contributed by atoms with Gasteiger partial charge in [0, 0.05) is 22.2 Å². The van der Waals surface area contributed by atoms with Crippen LogP contribution in [-0.4, -0.2) is 0 Å². The van der Waals surface area contributed by atoms with Crippen LogP contribution in [0.25, 0.3) is 0 Å². The van der Waals surface area contributed by atoms with Crippen LogP contribution in [0.1, 0.15) is 0 Å². The Morgan fingerprint density at radius 1 is 1.00 bits per heavy atom. The van der Waals surface area contributed by atoms with Gasteiger partial charge in [-0.15, -0.1) is 12.4 Å². The highest BCUT2D eigenvalue weighted by molar-refractivity contribution is 5.85. The van der Waals surface area contributed by atoms with Gasteiger partial charge in [0.1, 0.15) is 0 Å². The molecular weight excluding hydrogens is 164 g/mol. The zero-order chi connectivity index (χ0) is 7.98. The standard InChI is InChI=1S/C6H8N2.ClH.N2/c7-5-2-1-3-6(8)4-5;;1-2/h1-4H,7-8H2;1H;. The van der Waals surface area contributed by atoms with Gasteiger partial charge in [0.15, 0.2) is 0 Å². The normalized spacial score (nSPS) is 6.73. The first-order valence-electron chi connectivity index (χ1n) is 2.60. The molecule has 4 N–H and O–H groups in total. The van der Waals surface area contributed by atoms with Crippen LogP contribution < -0.4 is 11.5 Å². The lowest BCUT2D eigenvalue weighted by atomic mass is 10.3. The third kappa shape index (κ3) is 5.00. The zero-order valence-electron chi connectivity index (χ0n) is 5.77. The summed E-state index contributed by atoms with van der Waals surface area (Å²) < 4.78 is 0. The molecule has 0 saturated heterocycles. The molecule has 0 radical (unpaired) electrons. The molecule has 0 unspecified atom stereocenters. The SMILES string of the molecule is Cl.N#N.Nc1cccc(N)c1. The molecule has 0 aromatic heterocycles. The van der Waals surface area contributed by atoms with E-state index in [-0.39, 0.29) is 12.4 Å².